The van der Waals surface area contributed by atoms with Crippen LogP contribution >= 0.6 is 0 Å². The second kappa shape index (κ2) is 6.53. The molecular weight excluding hydrogens is 232 g/mol. The molecule has 2 N–H and O–H groups in total. The molecule has 0 aliphatic heterocycles. The summed E-state index contributed by atoms with van der Waals surface area (Å²) in [6, 6.07) is 9.25. The summed E-state index contributed by atoms with van der Waals surface area (Å²) in [6.45, 7) is 12.3. The van der Waals surface area contributed by atoms with Crippen molar-refractivity contribution in [2.24, 2.45) is 11.1 Å². The van der Waals surface area contributed by atoms with E-state index in [0.717, 1.165) is 13.0 Å². The second-order valence-corrected chi connectivity index (χ2v) is 6.83. The molecular formula is C17H30N2. The molecule has 0 aromatic heterocycles. The zero-order chi connectivity index (χ0) is 14.6. The van der Waals surface area contributed by atoms with Crippen molar-refractivity contribution in [2.75, 3.05) is 13.6 Å². The van der Waals surface area contributed by atoms with Gasteiger partial charge in [0.25, 0.3) is 0 Å². The van der Waals surface area contributed by atoms with E-state index in [-0.39, 0.29) is 6.04 Å². The number of nitrogens with two attached hydrogens (primary N) is 1. The number of aryl methyl sites for hydroxylation is 1. The minimum Gasteiger partial charge on any atom is -0.324 e. The van der Waals surface area contributed by atoms with Gasteiger partial charge in [-0.2, -0.15) is 0 Å². The van der Waals surface area contributed by atoms with Crippen molar-refractivity contribution in [1.82, 2.24) is 4.90 Å². The molecule has 0 radical (unpaired) electrons. The van der Waals surface area contributed by atoms with E-state index in [4.69, 9.17) is 5.73 Å². The monoisotopic (exact) mass is 262 g/mol. The maximum atomic E-state index is 6.28. The molecule has 0 fully saturated rings. The van der Waals surface area contributed by atoms with Gasteiger partial charge in [0, 0.05) is 12.1 Å². The van der Waals surface area contributed by atoms with Crippen LogP contribution in [-0.2, 0) is 0 Å². The average Bonchev–Trinajstić information content (AvgIpc) is 2.34. The Labute approximate surface area is 119 Å². The van der Waals surface area contributed by atoms with Gasteiger partial charge in [-0.25, -0.2) is 0 Å². The molecule has 0 saturated heterocycles. The fourth-order valence-electron chi connectivity index (χ4n) is 2.18. The maximum absolute atomic E-state index is 6.28. The second-order valence-electron chi connectivity index (χ2n) is 6.83. The van der Waals surface area contributed by atoms with Gasteiger partial charge in [0.2, 0.25) is 0 Å². The van der Waals surface area contributed by atoms with Crippen LogP contribution < -0.4 is 5.73 Å². The molecule has 2 atom stereocenters. The first-order valence-corrected chi connectivity index (χ1v) is 7.24. The van der Waals surface area contributed by atoms with Crippen molar-refractivity contribution in [2.45, 2.75) is 53.1 Å². The van der Waals surface area contributed by atoms with Crippen molar-refractivity contribution in [3.05, 3.63) is 35.4 Å². The van der Waals surface area contributed by atoms with E-state index < -0.39 is 0 Å². The largest absolute Gasteiger partial charge is 0.324 e. The Morgan fingerprint density at radius 3 is 2.16 bits per heavy atom. The van der Waals surface area contributed by atoms with Gasteiger partial charge in [0.1, 0.15) is 0 Å². The van der Waals surface area contributed by atoms with E-state index in [2.05, 4.69) is 70.8 Å². The maximum Gasteiger partial charge on any atom is 0.0307 e. The molecule has 2 nitrogen and oxygen atoms in total. The third-order valence-electron chi connectivity index (χ3n) is 4.21. The van der Waals surface area contributed by atoms with Crippen molar-refractivity contribution in [3.8, 4) is 0 Å². The Balaban J connectivity index is 2.50. The molecule has 0 heterocycles. The first-order chi connectivity index (χ1) is 8.71. The summed E-state index contributed by atoms with van der Waals surface area (Å²) in [4.78, 5) is 2.41. The lowest BCUT2D eigenvalue weighted by atomic mass is 9.87. The summed E-state index contributed by atoms with van der Waals surface area (Å²) < 4.78 is 0. The number of nitrogens with zero attached hydrogens (tertiary/aromatic N) is 1. The van der Waals surface area contributed by atoms with Crippen molar-refractivity contribution < 1.29 is 0 Å². The van der Waals surface area contributed by atoms with Gasteiger partial charge < -0.3 is 10.6 Å². The number of hydrogen-bond donors (Lipinski definition) is 1. The van der Waals surface area contributed by atoms with Crippen LogP contribution in [0.5, 0.6) is 0 Å². The van der Waals surface area contributed by atoms with Crippen LogP contribution in [0.2, 0.25) is 0 Å². The minimum absolute atomic E-state index is 0.134. The SMILES string of the molecule is Cc1ccc(C(N)CCN(C)C(C)C(C)(C)C)cc1. The van der Waals surface area contributed by atoms with Crippen LogP contribution in [0.25, 0.3) is 0 Å². The Kier molecular flexibility index (Phi) is 5.57. The molecule has 1 rings (SSSR count). The molecule has 1 aromatic rings. The molecule has 0 bridgehead atoms. The van der Waals surface area contributed by atoms with E-state index in [1.54, 1.807) is 0 Å². The topological polar surface area (TPSA) is 29.3 Å². The first-order valence-electron chi connectivity index (χ1n) is 7.24. The molecule has 2 heteroatoms. The van der Waals surface area contributed by atoms with Crippen LogP contribution in [-0.4, -0.2) is 24.5 Å². The van der Waals surface area contributed by atoms with Gasteiger partial charge in [0.05, 0.1) is 0 Å². The molecule has 0 aliphatic carbocycles. The zero-order valence-electron chi connectivity index (χ0n) is 13.4. The van der Waals surface area contributed by atoms with E-state index >= 15 is 0 Å². The third-order valence-corrected chi connectivity index (χ3v) is 4.21. The molecule has 1 aromatic carbocycles. The highest BCUT2D eigenvalue weighted by Gasteiger charge is 2.23. The lowest BCUT2D eigenvalue weighted by molar-refractivity contribution is 0.137. The average molecular weight is 262 g/mol. The van der Waals surface area contributed by atoms with Gasteiger partial charge in [-0.1, -0.05) is 50.6 Å². The predicted octanol–water partition coefficient (Wildman–Crippen LogP) is 3.75. The fourth-order valence-corrected chi connectivity index (χ4v) is 2.18. The lowest BCUT2D eigenvalue weighted by Crippen LogP contribution is -2.40. The smallest absolute Gasteiger partial charge is 0.0307 e. The summed E-state index contributed by atoms with van der Waals surface area (Å²) >= 11 is 0. The number of rotatable bonds is 5. The summed E-state index contributed by atoms with van der Waals surface area (Å²) in [6.07, 6.45) is 1.000. The Bertz CT molecular complexity index is 375. The van der Waals surface area contributed by atoms with Gasteiger partial charge in [-0.15, -0.1) is 0 Å². The van der Waals surface area contributed by atoms with Crippen molar-refractivity contribution in [1.29, 1.82) is 0 Å². The van der Waals surface area contributed by atoms with Gasteiger partial charge in [0.15, 0.2) is 0 Å². The number of hydrogen-bond acceptors (Lipinski definition) is 2. The van der Waals surface area contributed by atoms with Crippen LogP contribution in [0.1, 0.15) is 51.3 Å². The third kappa shape index (κ3) is 4.96. The van der Waals surface area contributed by atoms with Crippen LogP contribution in [0.4, 0.5) is 0 Å². The lowest BCUT2D eigenvalue weighted by Gasteiger charge is -2.35. The Hall–Kier alpha value is -0.860. The Morgan fingerprint density at radius 2 is 1.68 bits per heavy atom. The highest BCUT2D eigenvalue weighted by atomic mass is 15.1. The quantitative estimate of drug-likeness (QED) is 0.875. The predicted molar refractivity (Wildman–Crippen MR) is 84.3 cm³/mol. The van der Waals surface area contributed by atoms with Gasteiger partial charge in [-0.3, -0.25) is 0 Å². The Morgan fingerprint density at radius 1 is 1.16 bits per heavy atom. The first kappa shape index (κ1) is 16.2. The highest BCUT2D eigenvalue weighted by Crippen LogP contribution is 2.24. The molecule has 0 amide bonds. The van der Waals surface area contributed by atoms with Crippen LogP contribution in [0.3, 0.4) is 0 Å². The van der Waals surface area contributed by atoms with Crippen molar-refractivity contribution in [3.63, 3.8) is 0 Å². The highest BCUT2D eigenvalue weighted by molar-refractivity contribution is 5.23. The van der Waals surface area contributed by atoms with E-state index in [9.17, 15) is 0 Å². The standard InChI is InChI=1S/C17H30N2/c1-13-7-9-15(10-8-13)16(18)11-12-19(6)14(2)17(3,4)5/h7-10,14,16H,11-12,18H2,1-6H3. The summed E-state index contributed by atoms with van der Waals surface area (Å²) in [7, 11) is 2.19. The molecule has 108 valence electrons. The normalized spacial score (nSPS) is 15.6. The molecule has 0 saturated carbocycles. The van der Waals surface area contributed by atoms with E-state index in [1.165, 1.54) is 11.1 Å². The van der Waals surface area contributed by atoms with E-state index in [0.29, 0.717) is 11.5 Å². The summed E-state index contributed by atoms with van der Waals surface area (Å²) in [5.41, 5.74) is 9.11. The number of benzene rings is 1. The fraction of sp³-hybridized carbons (Fsp3) is 0.647. The summed E-state index contributed by atoms with van der Waals surface area (Å²) in [5, 5.41) is 0. The minimum atomic E-state index is 0.134. The summed E-state index contributed by atoms with van der Waals surface area (Å²) in [5.74, 6) is 0. The molecule has 19 heavy (non-hydrogen) atoms. The van der Waals surface area contributed by atoms with Crippen LogP contribution in [0.15, 0.2) is 24.3 Å². The molecule has 0 aliphatic rings. The molecule has 2 unspecified atom stereocenters. The van der Waals surface area contributed by atoms with Gasteiger partial charge in [-0.05, 0) is 44.8 Å². The zero-order valence-corrected chi connectivity index (χ0v) is 13.4. The van der Waals surface area contributed by atoms with E-state index in [1.807, 2.05) is 0 Å². The van der Waals surface area contributed by atoms with Crippen molar-refractivity contribution >= 4 is 0 Å². The van der Waals surface area contributed by atoms with Gasteiger partial charge >= 0.3 is 0 Å². The molecule has 0 spiro atoms. The van der Waals surface area contributed by atoms with Crippen LogP contribution in [0, 0.1) is 12.3 Å².